The summed E-state index contributed by atoms with van der Waals surface area (Å²) >= 11 is 0. The minimum absolute atomic E-state index is 0.115. The van der Waals surface area contributed by atoms with Gasteiger partial charge in [-0.1, -0.05) is 11.6 Å². The Morgan fingerprint density at radius 2 is 2.25 bits per heavy atom. The molecule has 2 N–H and O–H groups in total. The SMILES string of the molecule is O=C(CN1CCC[C@@H]1[C@H]1COCC[C@H]1O)NCCC1=CCCCC1. The molecule has 2 saturated heterocycles. The molecule has 5 nitrogen and oxygen atoms in total. The molecule has 0 saturated carbocycles. The summed E-state index contributed by atoms with van der Waals surface area (Å²) in [5.41, 5.74) is 1.50. The van der Waals surface area contributed by atoms with E-state index in [1.807, 2.05) is 0 Å². The van der Waals surface area contributed by atoms with Gasteiger partial charge in [-0.2, -0.15) is 0 Å². The van der Waals surface area contributed by atoms with Gasteiger partial charge in [0.15, 0.2) is 0 Å². The fourth-order valence-electron chi connectivity index (χ4n) is 4.38. The zero-order chi connectivity index (χ0) is 16.8. The third-order valence-electron chi connectivity index (χ3n) is 5.77. The zero-order valence-electron chi connectivity index (χ0n) is 14.7. The van der Waals surface area contributed by atoms with Crippen molar-refractivity contribution >= 4 is 5.91 Å². The normalized spacial score (nSPS) is 31.7. The quantitative estimate of drug-likeness (QED) is 0.727. The molecule has 3 rings (SSSR count). The van der Waals surface area contributed by atoms with E-state index < -0.39 is 0 Å². The van der Waals surface area contributed by atoms with E-state index in [0.29, 0.717) is 19.8 Å². The van der Waals surface area contributed by atoms with Gasteiger partial charge in [0, 0.05) is 25.1 Å². The third kappa shape index (κ3) is 4.80. The van der Waals surface area contributed by atoms with Crippen molar-refractivity contribution < 1.29 is 14.6 Å². The summed E-state index contributed by atoms with van der Waals surface area (Å²) in [5.74, 6) is 0.269. The average Bonchev–Trinajstić information content (AvgIpc) is 3.04. The first-order valence-electron chi connectivity index (χ1n) is 9.68. The molecule has 0 unspecified atom stereocenters. The van der Waals surface area contributed by atoms with Gasteiger partial charge in [-0.05, 0) is 57.9 Å². The lowest BCUT2D eigenvalue weighted by atomic mass is 9.89. The van der Waals surface area contributed by atoms with Crippen LogP contribution in [0.1, 0.15) is 51.4 Å². The van der Waals surface area contributed by atoms with E-state index in [-0.39, 0.29) is 24.0 Å². The van der Waals surface area contributed by atoms with Crippen LogP contribution in [0, 0.1) is 5.92 Å². The molecule has 2 aliphatic heterocycles. The predicted octanol–water partition coefficient (Wildman–Crippen LogP) is 1.85. The number of carbonyl (C=O) groups excluding carboxylic acids is 1. The number of carbonyl (C=O) groups is 1. The number of aliphatic hydroxyl groups is 1. The van der Waals surface area contributed by atoms with Gasteiger partial charge in [0.1, 0.15) is 0 Å². The molecule has 0 aromatic carbocycles. The maximum Gasteiger partial charge on any atom is 0.234 e. The van der Waals surface area contributed by atoms with E-state index in [1.165, 1.54) is 31.3 Å². The van der Waals surface area contributed by atoms with Crippen LogP contribution in [0.4, 0.5) is 0 Å². The molecule has 1 amide bonds. The Labute approximate surface area is 145 Å². The third-order valence-corrected chi connectivity index (χ3v) is 5.77. The fourth-order valence-corrected chi connectivity index (χ4v) is 4.38. The van der Waals surface area contributed by atoms with Crippen molar-refractivity contribution in [2.45, 2.75) is 63.5 Å². The second-order valence-electron chi connectivity index (χ2n) is 7.48. The number of allylic oxidation sites excluding steroid dienone is 1. The van der Waals surface area contributed by atoms with E-state index >= 15 is 0 Å². The van der Waals surface area contributed by atoms with Gasteiger partial charge in [0.05, 0.1) is 19.3 Å². The highest BCUT2D eigenvalue weighted by Gasteiger charge is 2.37. The summed E-state index contributed by atoms with van der Waals surface area (Å²) in [6.07, 6.45) is 10.9. The Bertz CT molecular complexity index is 452. The number of hydrogen-bond donors (Lipinski definition) is 2. The molecule has 0 spiro atoms. The van der Waals surface area contributed by atoms with Crippen LogP contribution >= 0.6 is 0 Å². The fraction of sp³-hybridized carbons (Fsp3) is 0.842. The highest BCUT2D eigenvalue weighted by Crippen LogP contribution is 2.29. The van der Waals surface area contributed by atoms with Crippen LogP contribution in [0.3, 0.4) is 0 Å². The van der Waals surface area contributed by atoms with Crippen molar-refractivity contribution in [2.75, 3.05) is 32.8 Å². The number of ether oxygens (including phenoxy) is 1. The maximum atomic E-state index is 12.3. The van der Waals surface area contributed by atoms with Crippen LogP contribution in [0.2, 0.25) is 0 Å². The first kappa shape index (κ1) is 17.9. The number of hydrogen-bond acceptors (Lipinski definition) is 4. The Kier molecular flexibility index (Phi) is 6.69. The highest BCUT2D eigenvalue weighted by molar-refractivity contribution is 5.78. The smallest absolute Gasteiger partial charge is 0.234 e. The Morgan fingerprint density at radius 3 is 3.04 bits per heavy atom. The molecule has 24 heavy (non-hydrogen) atoms. The minimum atomic E-state index is -0.286. The molecule has 0 bridgehead atoms. The maximum absolute atomic E-state index is 12.3. The van der Waals surface area contributed by atoms with Crippen molar-refractivity contribution in [2.24, 2.45) is 5.92 Å². The zero-order valence-corrected chi connectivity index (χ0v) is 14.7. The van der Waals surface area contributed by atoms with Crippen LogP contribution in [-0.2, 0) is 9.53 Å². The second-order valence-corrected chi connectivity index (χ2v) is 7.48. The van der Waals surface area contributed by atoms with Gasteiger partial charge in [-0.15, -0.1) is 0 Å². The van der Waals surface area contributed by atoms with Crippen molar-refractivity contribution in [1.29, 1.82) is 0 Å². The molecular weight excluding hydrogens is 304 g/mol. The molecule has 136 valence electrons. The van der Waals surface area contributed by atoms with Gasteiger partial charge in [0.25, 0.3) is 0 Å². The summed E-state index contributed by atoms with van der Waals surface area (Å²) in [6, 6.07) is 0.284. The molecule has 0 aromatic rings. The van der Waals surface area contributed by atoms with Gasteiger partial charge in [0.2, 0.25) is 5.91 Å². The van der Waals surface area contributed by atoms with Crippen molar-refractivity contribution in [3.05, 3.63) is 11.6 Å². The molecule has 3 atom stereocenters. The van der Waals surface area contributed by atoms with Gasteiger partial charge >= 0.3 is 0 Å². The number of aliphatic hydroxyl groups excluding tert-OH is 1. The predicted molar refractivity (Wildman–Crippen MR) is 93.7 cm³/mol. The van der Waals surface area contributed by atoms with Gasteiger partial charge in [-0.3, -0.25) is 9.69 Å². The molecule has 2 heterocycles. The van der Waals surface area contributed by atoms with E-state index in [1.54, 1.807) is 0 Å². The van der Waals surface area contributed by atoms with Gasteiger partial charge in [-0.25, -0.2) is 0 Å². The van der Waals surface area contributed by atoms with Crippen molar-refractivity contribution in [1.82, 2.24) is 10.2 Å². The molecule has 0 radical (unpaired) electrons. The number of rotatable bonds is 6. The lowest BCUT2D eigenvalue weighted by Crippen LogP contribution is -2.48. The van der Waals surface area contributed by atoms with Crippen molar-refractivity contribution in [3.8, 4) is 0 Å². The number of amides is 1. The van der Waals surface area contributed by atoms with E-state index in [4.69, 9.17) is 4.74 Å². The minimum Gasteiger partial charge on any atom is -0.393 e. The summed E-state index contributed by atoms with van der Waals surface area (Å²) < 4.78 is 5.56. The van der Waals surface area contributed by atoms with Crippen LogP contribution in [-0.4, -0.2) is 60.9 Å². The lowest BCUT2D eigenvalue weighted by Gasteiger charge is -2.36. The molecular formula is C19H32N2O3. The van der Waals surface area contributed by atoms with E-state index in [0.717, 1.165) is 38.8 Å². The van der Waals surface area contributed by atoms with Crippen molar-refractivity contribution in [3.63, 3.8) is 0 Å². The first-order valence-corrected chi connectivity index (χ1v) is 9.68. The highest BCUT2D eigenvalue weighted by atomic mass is 16.5. The van der Waals surface area contributed by atoms with Crippen LogP contribution in [0.15, 0.2) is 11.6 Å². The van der Waals surface area contributed by atoms with Gasteiger partial charge < -0.3 is 15.2 Å². The summed E-state index contributed by atoms with van der Waals surface area (Å²) in [4.78, 5) is 14.5. The largest absolute Gasteiger partial charge is 0.393 e. The van der Waals surface area contributed by atoms with Crippen LogP contribution in [0.5, 0.6) is 0 Å². The monoisotopic (exact) mass is 336 g/mol. The second kappa shape index (κ2) is 8.97. The molecule has 1 aliphatic carbocycles. The van der Waals surface area contributed by atoms with E-state index in [9.17, 15) is 9.90 Å². The average molecular weight is 336 g/mol. The van der Waals surface area contributed by atoms with Crippen LogP contribution in [0.25, 0.3) is 0 Å². The molecule has 0 aromatic heterocycles. The molecule has 2 fully saturated rings. The molecule has 3 aliphatic rings. The standard InChI is InChI=1S/C19H32N2O3/c22-18-9-12-24-14-16(18)17-7-4-11-21(17)13-19(23)20-10-8-15-5-2-1-3-6-15/h5,16-18,22H,1-4,6-14H2,(H,20,23)/t16-,17-,18-/m1/s1. The van der Waals surface area contributed by atoms with Crippen LogP contribution < -0.4 is 5.32 Å². The number of nitrogens with zero attached hydrogens (tertiary/aromatic N) is 1. The molecule has 5 heteroatoms. The topological polar surface area (TPSA) is 61.8 Å². The summed E-state index contributed by atoms with van der Waals surface area (Å²) in [6.45, 7) is 3.43. The summed E-state index contributed by atoms with van der Waals surface area (Å²) in [7, 11) is 0. The Morgan fingerprint density at radius 1 is 1.33 bits per heavy atom. The lowest BCUT2D eigenvalue weighted by molar-refractivity contribution is -0.123. The Balaban J connectivity index is 1.42. The van der Waals surface area contributed by atoms with E-state index in [2.05, 4.69) is 16.3 Å². The number of likely N-dealkylation sites (tertiary alicyclic amines) is 1. The summed E-state index contributed by atoms with van der Waals surface area (Å²) in [5, 5.41) is 13.3. The number of nitrogens with one attached hydrogen (secondary N) is 1. The first-order chi connectivity index (χ1) is 11.7. The Hall–Kier alpha value is -0.910.